The maximum absolute atomic E-state index is 12.9. The number of rotatable bonds is 8. The van der Waals surface area contributed by atoms with Crippen molar-refractivity contribution in [2.24, 2.45) is 0 Å². The highest BCUT2D eigenvalue weighted by Crippen LogP contribution is 2.26. The van der Waals surface area contributed by atoms with Crippen molar-refractivity contribution in [1.29, 1.82) is 0 Å². The van der Waals surface area contributed by atoms with Crippen LogP contribution in [0.2, 0.25) is 0 Å². The smallest absolute Gasteiger partial charge is 0.127 e. The summed E-state index contributed by atoms with van der Waals surface area (Å²) < 4.78 is 18.7. The Morgan fingerprint density at radius 3 is 2.30 bits per heavy atom. The largest absolute Gasteiger partial charge is 0.488 e. The van der Waals surface area contributed by atoms with E-state index in [0.717, 1.165) is 35.2 Å². The minimum atomic E-state index is -0.485. The van der Waals surface area contributed by atoms with Crippen molar-refractivity contribution in [1.82, 2.24) is 4.98 Å². The number of nitrogens with zero attached hydrogens (tertiary/aromatic N) is 2. The molecule has 4 heteroatoms. The van der Waals surface area contributed by atoms with Gasteiger partial charge in [-0.3, -0.25) is 0 Å². The van der Waals surface area contributed by atoms with E-state index < -0.39 is 12.8 Å². The molecule has 1 heterocycles. The second-order valence-corrected chi connectivity index (χ2v) is 6.57. The van der Waals surface area contributed by atoms with Crippen molar-refractivity contribution >= 4 is 16.6 Å². The number of fused-ring (bicyclic) bond motifs is 1. The molecule has 1 unspecified atom stereocenters. The van der Waals surface area contributed by atoms with Crippen molar-refractivity contribution in [3.63, 3.8) is 0 Å². The highest BCUT2D eigenvalue weighted by atomic mass is 19.1. The summed E-state index contributed by atoms with van der Waals surface area (Å²) in [7, 11) is 0. The summed E-state index contributed by atoms with van der Waals surface area (Å²) in [4.78, 5) is 7.11. The van der Waals surface area contributed by atoms with Gasteiger partial charge in [0.15, 0.2) is 0 Å². The van der Waals surface area contributed by atoms with E-state index in [1.54, 1.807) is 0 Å². The molecule has 1 atom stereocenters. The van der Waals surface area contributed by atoms with E-state index in [2.05, 4.69) is 49.1 Å². The topological polar surface area (TPSA) is 25.4 Å². The summed E-state index contributed by atoms with van der Waals surface area (Å²) in [5.41, 5.74) is 4.07. The van der Waals surface area contributed by atoms with Gasteiger partial charge in [0.05, 0.1) is 11.2 Å². The first-order chi connectivity index (χ1) is 13.2. The molecule has 0 fully saturated rings. The van der Waals surface area contributed by atoms with Gasteiger partial charge >= 0.3 is 0 Å². The van der Waals surface area contributed by atoms with Gasteiger partial charge in [0.25, 0.3) is 0 Å². The number of ether oxygens (including phenoxy) is 1. The van der Waals surface area contributed by atoms with Gasteiger partial charge in [0.1, 0.15) is 18.5 Å². The highest BCUT2D eigenvalue weighted by Gasteiger charge is 2.09. The Kier molecular flexibility index (Phi) is 6.28. The molecule has 3 rings (SSSR count). The van der Waals surface area contributed by atoms with Crippen LogP contribution in [-0.4, -0.2) is 30.9 Å². The maximum Gasteiger partial charge on any atom is 0.127 e. The van der Waals surface area contributed by atoms with E-state index in [4.69, 9.17) is 9.72 Å². The zero-order chi connectivity index (χ0) is 19.2. The van der Waals surface area contributed by atoms with E-state index in [1.807, 2.05) is 31.2 Å². The predicted molar refractivity (Wildman–Crippen MR) is 111 cm³/mol. The van der Waals surface area contributed by atoms with Gasteiger partial charge in [0, 0.05) is 35.8 Å². The van der Waals surface area contributed by atoms with E-state index in [-0.39, 0.29) is 0 Å². The van der Waals surface area contributed by atoms with Gasteiger partial charge in [-0.05, 0) is 50.6 Å². The number of pyridine rings is 1. The average molecular weight is 366 g/mol. The molecule has 27 heavy (non-hydrogen) atoms. The van der Waals surface area contributed by atoms with Crippen molar-refractivity contribution in [2.45, 2.75) is 33.3 Å². The molecule has 1 aromatic heterocycles. The number of hydrogen-bond donors (Lipinski definition) is 0. The summed E-state index contributed by atoms with van der Waals surface area (Å²) in [6.45, 7) is 7.74. The monoisotopic (exact) mass is 366 g/mol. The lowest BCUT2D eigenvalue weighted by molar-refractivity contribution is 0.160. The third-order valence-electron chi connectivity index (χ3n) is 4.89. The van der Waals surface area contributed by atoms with Crippen molar-refractivity contribution in [2.75, 3.05) is 24.7 Å². The summed E-state index contributed by atoms with van der Waals surface area (Å²) >= 11 is 0. The van der Waals surface area contributed by atoms with Crippen LogP contribution in [0.1, 0.15) is 27.2 Å². The molecule has 0 radical (unpaired) electrons. The number of hydrogen-bond acceptors (Lipinski definition) is 3. The van der Waals surface area contributed by atoms with Crippen LogP contribution in [-0.2, 0) is 0 Å². The van der Waals surface area contributed by atoms with Gasteiger partial charge in [-0.1, -0.05) is 25.1 Å². The lowest BCUT2D eigenvalue weighted by Crippen LogP contribution is -2.21. The molecule has 0 aliphatic rings. The normalized spacial score (nSPS) is 12.1. The fraction of sp³-hybridized carbons (Fsp3) is 0.348. The quantitative estimate of drug-likeness (QED) is 0.498. The summed E-state index contributed by atoms with van der Waals surface area (Å²) in [6.07, 6.45) is 0.235. The molecular formula is C23H27FN2O. The minimum Gasteiger partial charge on any atom is -0.488 e. The molecule has 0 spiro atoms. The van der Waals surface area contributed by atoms with Gasteiger partial charge in [-0.2, -0.15) is 0 Å². The first kappa shape index (κ1) is 19.2. The number of halogens is 1. The van der Waals surface area contributed by atoms with Crippen LogP contribution >= 0.6 is 0 Å². The van der Waals surface area contributed by atoms with Crippen molar-refractivity contribution in [3.8, 4) is 17.0 Å². The zero-order valence-electron chi connectivity index (χ0n) is 16.3. The Morgan fingerprint density at radius 1 is 0.963 bits per heavy atom. The number of anilines is 1. The Balaban J connectivity index is 1.88. The van der Waals surface area contributed by atoms with Gasteiger partial charge < -0.3 is 9.64 Å². The minimum absolute atomic E-state index is 0.404. The van der Waals surface area contributed by atoms with Gasteiger partial charge in [0.2, 0.25) is 0 Å². The lowest BCUT2D eigenvalue weighted by atomic mass is 10.1. The first-order valence-corrected chi connectivity index (χ1v) is 9.67. The Hall–Kier alpha value is -2.62. The summed E-state index contributed by atoms with van der Waals surface area (Å²) in [5, 5.41) is 1.04. The number of alkyl halides is 1. The molecule has 0 aliphatic carbocycles. The number of aromatic nitrogens is 1. The van der Waals surface area contributed by atoms with Crippen LogP contribution < -0.4 is 9.64 Å². The lowest BCUT2D eigenvalue weighted by Gasteiger charge is -2.21. The summed E-state index contributed by atoms with van der Waals surface area (Å²) in [6, 6.07) is 18.3. The molecule has 3 nitrogen and oxygen atoms in total. The van der Waals surface area contributed by atoms with Crippen LogP contribution in [0.5, 0.6) is 5.75 Å². The van der Waals surface area contributed by atoms with E-state index in [0.29, 0.717) is 12.2 Å². The highest BCUT2D eigenvalue weighted by molar-refractivity contribution is 5.83. The Labute approximate surface area is 160 Å². The molecule has 0 amide bonds. The molecular weight excluding hydrogens is 339 g/mol. The van der Waals surface area contributed by atoms with Crippen LogP contribution in [0.4, 0.5) is 10.1 Å². The molecule has 0 bridgehead atoms. The Bertz CT molecular complexity index is 871. The average Bonchev–Trinajstić information content (AvgIpc) is 2.73. The molecule has 3 aromatic rings. The SMILES string of the molecule is CCC(CF)Oc1ccc2ccc(-c3ccc(N(CC)CC)cc3)nc2c1. The first-order valence-electron chi connectivity index (χ1n) is 9.67. The predicted octanol–water partition coefficient (Wildman–Crippen LogP) is 5.87. The molecule has 142 valence electrons. The third-order valence-corrected chi connectivity index (χ3v) is 4.89. The van der Waals surface area contributed by atoms with Crippen LogP contribution in [0, 0.1) is 0 Å². The summed E-state index contributed by atoms with van der Waals surface area (Å²) in [5.74, 6) is 0.661. The number of benzene rings is 2. The van der Waals surface area contributed by atoms with E-state index in [1.165, 1.54) is 5.69 Å². The third kappa shape index (κ3) is 4.38. The van der Waals surface area contributed by atoms with Crippen LogP contribution in [0.3, 0.4) is 0 Å². The van der Waals surface area contributed by atoms with E-state index >= 15 is 0 Å². The van der Waals surface area contributed by atoms with Crippen molar-refractivity contribution < 1.29 is 9.13 Å². The molecule has 0 aliphatic heterocycles. The molecule has 0 saturated carbocycles. The fourth-order valence-corrected chi connectivity index (χ4v) is 3.18. The van der Waals surface area contributed by atoms with Gasteiger partial charge in [-0.25, -0.2) is 9.37 Å². The molecule has 2 aromatic carbocycles. The maximum atomic E-state index is 12.9. The van der Waals surface area contributed by atoms with Crippen LogP contribution in [0.25, 0.3) is 22.2 Å². The zero-order valence-corrected chi connectivity index (χ0v) is 16.3. The van der Waals surface area contributed by atoms with E-state index in [9.17, 15) is 4.39 Å². The fourth-order valence-electron chi connectivity index (χ4n) is 3.18. The second-order valence-electron chi connectivity index (χ2n) is 6.57. The second kappa shape index (κ2) is 8.85. The van der Waals surface area contributed by atoms with Crippen molar-refractivity contribution in [3.05, 3.63) is 54.6 Å². The Morgan fingerprint density at radius 2 is 1.67 bits per heavy atom. The molecule has 0 N–H and O–H groups in total. The molecule has 0 saturated heterocycles. The van der Waals surface area contributed by atoms with Gasteiger partial charge in [-0.15, -0.1) is 0 Å². The van der Waals surface area contributed by atoms with Crippen LogP contribution in [0.15, 0.2) is 54.6 Å². The standard InChI is InChI=1S/C23H27FN2O/c1-4-20(16-24)27-21-13-9-18-10-14-22(25-23(18)15-21)17-7-11-19(12-8-17)26(5-2)6-3/h7-15,20H,4-6,16H2,1-3H3.